The van der Waals surface area contributed by atoms with Crippen molar-refractivity contribution in [3.8, 4) is 18.1 Å². The number of hydrogen-bond acceptors (Lipinski definition) is 2. The second-order valence-electron chi connectivity index (χ2n) is 4.38. The van der Waals surface area contributed by atoms with Crippen molar-refractivity contribution in [1.82, 2.24) is 0 Å². The number of aliphatic hydroxyl groups is 1. The number of ether oxygens (including phenoxy) is 1. The molecule has 0 heterocycles. The Kier molecular flexibility index (Phi) is 6.98. The summed E-state index contributed by atoms with van der Waals surface area (Å²) in [4.78, 5) is 0. The van der Waals surface area contributed by atoms with Crippen LogP contribution in [0.15, 0.2) is 24.3 Å². The molecule has 0 amide bonds. The molecule has 0 spiro atoms. The van der Waals surface area contributed by atoms with Gasteiger partial charge in [-0.15, -0.1) is 12.3 Å². The molecule has 0 aliphatic carbocycles. The van der Waals surface area contributed by atoms with Crippen molar-refractivity contribution in [2.45, 2.75) is 45.1 Å². The van der Waals surface area contributed by atoms with E-state index in [9.17, 15) is 5.11 Å². The molecule has 0 aliphatic rings. The first-order valence-electron chi connectivity index (χ1n) is 6.62. The molecule has 1 N–H and O–H groups in total. The fourth-order valence-corrected chi connectivity index (χ4v) is 1.68. The first kappa shape index (κ1) is 14.6. The lowest BCUT2D eigenvalue weighted by Crippen LogP contribution is -1.99. The molecule has 1 aromatic carbocycles. The summed E-state index contributed by atoms with van der Waals surface area (Å²) in [6.07, 6.45) is 9.23. The van der Waals surface area contributed by atoms with Gasteiger partial charge in [0.25, 0.3) is 0 Å². The summed E-state index contributed by atoms with van der Waals surface area (Å²) in [7, 11) is 0. The molecule has 0 radical (unpaired) electrons. The van der Waals surface area contributed by atoms with E-state index in [1.165, 1.54) is 0 Å². The van der Waals surface area contributed by atoms with Crippen LogP contribution in [0.5, 0.6) is 5.75 Å². The van der Waals surface area contributed by atoms with Gasteiger partial charge in [-0.2, -0.15) is 0 Å². The predicted octanol–water partition coefficient (Wildman–Crippen LogP) is 3.70. The summed E-state index contributed by atoms with van der Waals surface area (Å²) < 4.78 is 5.57. The predicted molar refractivity (Wildman–Crippen MR) is 74.5 cm³/mol. The lowest BCUT2D eigenvalue weighted by Gasteiger charge is -2.11. The van der Waals surface area contributed by atoms with Gasteiger partial charge in [0.2, 0.25) is 0 Å². The summed E-state index contributed by atoms with van der Waals surface area (Å²) in [6.45, 7) is 2.89. The molecule has 0 saturated heterocycles. The molecule has 0 saturated carbocycles. The van der Waals surface area contributed by atoms with Gasteiger partial charge in [0, 0.05) is 6.42 Å². The molecule has 1 unspecified atom stereocenters. The van der Waals surface area contributed by atoms with E-state index in [0.29, 0.717) is 6.42 Å². The van der Waals surface area contributed by atoms with Crippen molar-refractivity contribution in [3.63, 3.8) is 0 Å². The van der Waals surface area contributed by atoms with Crippen molar-refractivity contribution >= 4 is 0 Å². The third-order valence-corrected chi connectivity index (χ3v) is 2.83. The minimum Gasteiger partial charge on any atom is -0.494 e. The maximum Gasteiger partial charge on any atom is 0.119 e. The lowest BCUT2D eigenvalue weighted by atomic mass is 10.0. The zero-order chi connectivity index (χ0) is 13.2. The Morgan fingerprint density at radius 2 is 2.00 bits per heavy atom. The van der Waals surface area contributed by atoms with Gasteiger partial charge in [0.05, 0.1) is 12.7 Å². The van der Waals surface area contributed by atoms with E-state index in [1.54, 1.807) is 0 Å². The van der Waals surface area contributed by atoms with Crippen LogP contribution in [0.25, 0.3) is 0 Å². The average molecular weight is 246 g/mol. The van der Waals surface area contributed by atoms with Crippen LogP contribution in [-0.4, -0.2) is 11.7 Å². The normalized spacial score (nSPS) is 11.8. The highest BCUT2D eigenvalue weighted by atomic mass is 16.5. The smallest absolute Gasteiger partial charge is 0.119 e. The zero-order valence-electron chi connectivity index (χ0n) is 11.1. The number of aliphatic hydroxyl groups excluding tert-OH is 1. The van der Waals surface area contributed by atoms with Crippen LogP contribution in [0.3, 0.4) is 0 Å². The van der Waals surface area contributed by atoms with Crippen LogP contribution < -0.4 is 4.74 Å². The number of hydrogen-bond donors (Lipinski definition) is 1. The van der Waals surface area contributed by atoms with Crippen LogP contribution in [0.2, 0.25) is 0 Å². The molecule has 1 aromatic rings. The minimum absolute atomic E-state index is 0.428. The Balaban J connectivity index is 2.41. The number of rotatable bonds is 8. The standard InChI is InChI=1S/C16H22O2/c1-3-5-7-8-16(17)14-9-11-15(12-10-14)18-13-6-4-2/h1,9-12,16-17H,4-8,13H2,2H3. The van der Waals surface area contributed by atoms with Crippen molar-refractivity contribution < 1.29 is 9.84 Å². The molecule has 0 fully saturated rings. The molecule has 0 aromatic heterocycles. The van der Waals surface area contributed by atoms with Gasteiger partial charge in [-0.05, 0) is 37.0 Å². The topological polar surface area (TPSA) is 29.5 Å². The molecule has 0 aliphatic heterocycles. The van der Waals surface area contributed by atoms with Gasteiger partial charge in [0.15, 0.2) is 0 Å². The Hall–Kier alpha value is -1.46. The highest BCUT2D eigenvalue weighted by molar-refractivity contribution is 5.28. The van der Waals surface area contributed by atoms with Crippen LogP contribution in [0.4, 0.5) is 0 Å². The summed E-state index contributed by atoms with van der Waals surface area (Å²) in [6, 6.07) is 7.66. The summed E-state index contributed by atoms with van der Waals surface area (Å²) in [5, 5.41) is 9.94. The van der Waals surface area contributed by atoms with Crippen molar-refractivity contribution in [3.05, 3.63) is 29.8 Å². The highest BCUT2D eigenvalue weighted by Crippen LogP contribution is 2.21. The fraction of sp³-hybridized carbons (Fsp3) is 0.500. The highest BCUT2D eigenvalue weighted by Gasteiger charge is 2.06. The lowest BCUT2D eigenvalue weighted by molar-refractivity contribution is 0.165. The van der Waals surface area contributed by atoms with Gasteiger partial charge in [-0.1, -0.05) is 25.5 Å². The molecule has 2 nitrogen and oxygen atoms in total. The maximum absolute atomic E-state index is 9.94. The van der Waals surface area contributed by atoms with Crippen LogP contribution in [0, 0.1) is 12.3 Å². The van der Waals surface area contributed by atoms with E-state index in [0.717, 1.165) is 43.6 Å². The Morgan fingerprint density at radius 3 is 2.61 bits per heavy atom. The maximum atomic E-state index is 9.94. The van der Waals surface area contributed by atoms with E-state index in [2.05, 4.69) is 12.8 Å². The minimum atomic E-state index is -0.428. The second-order valence-corrected chi connectivity index (χ2v) is 4.38. The van der Waals surface area contributed by atoms with Crippen molar-refractivity contribution in [2.24, 2.45) is 0 Å². The van der Waals surface area contributed by atoms with E-state index in [1.807, 2.05) is 24.3 Å². The van der Waals surface area contributed by atoms with Crippen LogP contribution >= 0.6 is 0 Å². The van der Waals surface area contributed by atoms with Gasteiger partial charge >= 0.3 is 0 Å². The third kappa shape index (κ3) is 5.25. The second kappa shape index (κ2) is 8.60. The summed E-state index contributed by atoms with van der Waals surface area (Å²) >= 11 is 0. The van der Waals surface area contributed by atoms with Gasteiger partial charge < -0.3 is 9.84 Å². The molecular weight excluding hydrogens is 224 g/mol. The number of unbranched alkanes of at least 4 members (excludes halogenated alkanes) is 2. The van der Waals surface area contributed by atoms with E-state index < -0.39 is 6.10 Å². The molecule has 18 heavy (non-hydrogen) atoms. The van der Waals surface area contributed by atoms with Gasteiger partial charge in [-0.25, -0.2) is 0 Å². The number of terminal acetylenes is 1. The van der Waals surface area contributed by atoms with Crippen LogP contribution in [0.1, 0.15) is 50.7 Å². The Labute approximate surface area is 110 Å². The van der Waals surface area contributed by atoms with E-state index in [4.69, 9.17) is 11.2 Å². The zero-order valence-corrected chi connectivity index (χ0v) is 11.1. The molecule has 0 bridgehead atoms. The number of benzene rings is 1. The molecule has 2 heteroatoms. The Bertz CT molecular complexity index is 362. The first-order valence-corrected chi connectivity index (χ1v) is 6.62. The molecule has 1 rings (SSSR count). The first-order chi connectivity index (χ1) is 8.77. The third-order valence-electron chi connectivity index (χ3n) is 2.83. The molecule has 98 valence electrons. The van der Waals surface area contributed by atoms with Crippen molar-refractivity contribution in [1.29, 1.82) is 0 Å². The summed E-state index contributed by atoms with van der Waals surface area (Å²) in [5.74, 6) is 3.45. The van der Waals surface area contributed by atoms with E-state index in [-0.39, 0.29) is 0 Å². The average Bonchev–Trinajstić information content (AvgIpc) is 2.40. The molecular formula is C16H22O2. The van der Waals surface area contributed by atoms with Crippen molar-refractivity contribution in [2.75, 3.05) is 6.61 Å². The van der Waals surface area contributed by atoms with Gasteiger partial charge in [-0.3, -0.25) is 0 Å². The fourth-order valence-electron chi connectivity index (χ4n) is 1.68. The monoisotopic (exact) mass is 246 g/mol. The van der Waals surface area contributed by atoms with Crippen LogP contribution in [-0.2, 0) is 0 Å². The Morgan fingerprint density at radius 1 is 1.28 bits per heavy atom. The quantitative estimate of drug-likeness (QED) is 0.560. The SMILES string of the molecule is C#CCCCC(O)c1ccc(OCCCC)cc1. The van der Waals surface area contributed by atoms with Gasteiger partial charge in [0.1, 0.15) is 5.75 Å². The molecule has 1 atom stereocenters. The van der Waals surface area contributed by atoms with E-state index >= 15 is 0 Å². The summed E-state index contributed by atoms with van der Waals surface area (Å²) in [5.41, 5.74) is 0.926. The largest absolute Gasteiger partial charge is 0.494 e.